The molecule has 33 heavy (non-hydrogen) atoms. The second-order valence-corrected chi connectivity index (χ2v) is 10.9. The first-order chi connectivity index (χ1) is 15.7. The van der Waals surface area contributed by atoms with Gasteiger partial charge in [0.25, 0.3) is 5.69 Å². The molecule has 4 rings (SSSR count). The number of rotatable bonds is 6. The fourth-order valence-electron chi connectivity index (χ4n) is 3.82. The van der Waals surface area contributed by atoms with Crippen LogP contribution in [0, 0.1) is 10.1 Å². The lowest BCUT2D eigenvalue weighted by Crippen LogP contribution is -2.54. The average Bonchev–Trinajstić information content (AvgIpc) is 3.29. The molecule has 12 heteroatoms. The van der Waals surface area contributed by atoms with E-state index in [1.165, 1.54) is 28.0 Å². The number of aromatic nitrogens is 2. The van der Waals surface area contributed by atoms with Gasteiger partial charge in [-0.25, -0.2) is 13.4 Å². The van der Waals surface area contributed by atoms with Crippen LogP contribution in [0.15, 0.2) is 53.4 Å². The summed E-state index contributed by atoms with van der Waals surface area (Å²) in [6.45, 7) is 4.96. The normalized spacial score (nSPS) is 18.3. The minimum Gasteiger partial charge on any atom is -0.344 e. The zero-order valence-corrected chi connectivity index (χ0v) is 20.3. The molecule has 1 aromatic heterocycles. The Bertz CT molecular complexity index is 1270. The first kappa shape index (κ1) is 23.6. The van der Waals surface area contributed by atoms with Gasteiger partial charge in [0.15, 0.2) is 5.82 Å². The van der Waals surface area contributed by atoms with E-state index in [0.717, 1.165) is 22.6 Å². The van der Waals surface area contributed by atoms with Crippen molar-refractivity contribution < 1.29 is 13.3 Å². The SMILES string of the molecule is CC(c1ccccc1)c1nsc(N2CCN(S(=O)(=O)c3ccc(Cl)c([N+](=O)[O-])c3)C(C)C2)n1. The lowest BCUT2D eigenvalue weighted by atomic mass is 10.0. The predicted octanol–water partition coefficient (Wildman–Crippen LogP) is 4.15. The lowest BCUT2D eigenvalue weighted by Gasteiger charge is -2.38. The maximum absolute atomic E-state index is 13.2. The highest BCUT2D eigenvalue weighted by Gasteiger charge is 2.35. The summed E-state index contributed by atoms with van der Waals surface area (Å²) >= 11 is 7.14. The molecule has 0 spiro atoms. The van der Waals surface area contributed by atoms with Crippen molar-refractivity contribution in [3.8, 4) is 0 Å². The van der Waals surface area contributed by atoms with Gasteiger partial charge in [0, 0.05) is 49.2 Å². The van der Waals surface area contributed by atoms with E-state index in [1.807, 2.05) is 42.2 Å². The third-order valence-corrected chi connectivity index (χ3v) is 8.80. The van der Waals surface area contributed by atoms with Crippen molar-refractivity contribution in [1.29, 1.82) is 0 Å². The minimum atomic E-state index is -3.92. The number of hydrogen-bond donors (Lipinski definition) is 0. The van der Waals surface area contributed by atoms with Gasteiger partial charge in [-0.15, -0.1) is 0 Å². The number of benzene rings is 2. The number of sulfonamides is 1. The number of halogens is 1. The lowest BCUT2D eigenvalue weighted by molar-refractivity contribution is -0.384. The molecule has 1 aliphatic rings. The maximum atomic E-state index is 13.2. The average molecular weight is 508 g/mol. The summed E-state index contributed by atoms with van der Waals surface area (Å²) < 4.78 is 32.3. The number of nitro benzene ring substituents is 1. The van der Waals surface area contributed by atoms with E-state index >= 15 is 0 Å². The molecule has 9 nitrogen and oxygen atoms in total. The quantitative estimate of drug-likeness (QED) is 0.364. The van der Waals surface area contributed by atoms with Crippen molar-refractivity contribution in [3.05, 3.63) is 75.1 Å². The predicted molar refractivity (Wildman–Crippen MR) is 128 cm³/mol. The molecule has 2 aromatic carbocycles. The molecule has 2 heterocycles. The van der Waals surface area contributed by atoms with Crippen LogP contribution in [0.3, 0.4) is 0 Å². The molecule has 3 aromatic rings. The van der Waals surface area contributed by atoms with Crippen molar-refractivity contribution in [2.75, 3.05) is 24.5 Å². The van der Waals surface area contributed by atoms with Crippen LogP contribution in [0.4, 0.5) is 10.8 Å². The second kappa shape index (κ2) is 9.34. The number of nitrogens with zero attached hydrogens (tertiary/aromatic N) is 5. The van der Waals surface area contributed by atoms with E-state index in [4.69, 9.17) is 16.6 Å². The van der Waals surface area contributed by atoms with Crippen molar-refractivity contribution in [1.82, 2.24) is 13.7 Å². The number of nitro groups is 1. The van der Waals surface area contributed by atoms with Gasteiger partial charge in [0.1, 0.15) is 5.02 Å². The fraction of sp³-hybridized carbons (Fsp3) is 0.333. The number of piperazine rings is 1. The first-order valence-corrected chi connectivity index (χ1v) is 12.9. The summed E-state index contributed by atoms with van der Waals surface area (Å²) in [6, 6.07) is 13.2. The zero-order chi connectivity index (χ0) is 23.8. The molecule has 174 valence electrons. The van der Waals surface area contributed by atoms with E-state index in [2.05, 4.69) is 11.3 Å². The van der Waals surface area contributed by atoms with Crippen molar-refractivity contribution in [2.24, 2.45) is 0 Å². The van der Waals surface area contributed by atoms with Gasteiger partial charge in [-0.1, -0.05) is 48.9 Å². The fourth-order valence-corrected chi connectivity index (χ4v) is 6.43. The Morgan fingerprint density at radius 2 is 1.94 bits per heavy atom. The Labute approximate surface area is 201 Å². The molecular formula is C21H22ClN5O4S2. The molecule has 1 saturated heterocycles. The number of hydrogen-bond acceptors (Lipinski definition) is 8. The molecule has 2 unspecified atom stereocenters. The maximum Gasteiger partial charge on any atom is 0.289 e. The Kier molecular flexibility index (Phi) is 6.66. The zero-order valence-electron chi connectivity index (χ0n) is 18.0. The molecule has 0 saturated carbocycles. The largest absolute Gasteiger partial charge is 0.344 e. The van der Waals surface area contributed by atoms with Crippen molar-refractivity contribution in [2.45, 2.75) is 30.7 Å². The highest BCUT2D eigenvalue weighted by Crippen LogP contribution is 2.32. The summed E-state index contributed by atoms with van der Waals surface area (Å²) in [4.78, 5) is 17.1. The molecule has 0 aliphatic carbocycles. The van der Waals surface area contributed by atoms with Crippen LogP contribution in [-0.2, 0) is 10.0 Å². The van der Waals surface area contributed by atoms with Crippen LogP contribution in [0.2, 0.25) is 5.02 Å². The molecular weight excluding hydrogens is 486 g/mol. The Morgan fingerprint density at radius 3 is 2.61 bits per heavy atom. The molecule has 0 amide bonds. The minimum absolute atomic E-state index is 0.0518. The Hall–Kier alpha value is -2.60. The monoisotopic (exact) mass is 507 g/mol. The van der Waals surface area contributed by atoms with E-state index in [1.54, 1.807) is 0 Å². The number of anilines is 1. The third kappa shape index (κ3) is 4.72. The van der Waals surface area contributed by atoms with Crippen LogP contribution < -0.4 is 4.90 Å². The summed E-state index contributed by atoms with van der Waals surface area (Å²) in [5, 5.41) is 11.8. The Morgan fingerprint density at radius 1 is 1.21 bits per heavy atom. The van der Waals surface area contributed by atoms with E-state index in [0.29, 0.717) is 13.1 Å². The van der Waals surface area contributed by atoms with E-state index in [-0.39, 0.29) is 28.4 Å². The Balaban J connectivity index is 1.50. The van der Waals surface area contributed by atoms with Crippen molar-refractivity contribution >= 4 is 44.0 Å². The van der Waals surface area contributed by atoms with Crippen LogP contribution >= 0.6 is 23.1 Å². The topological polar surface area (TPSA) is 110 Å². The van der Waals surface area contributed by atoms with Crippen LogP contribution in [0.25, 0.3) is 0 Å². The first-order valence-electron chi connectivity index (χ1n) is 10.3. The summed E-state index contributed by atoms with van der Waals surface area (Å²) in [6.07, 6.45) is 0. The standard InChI is InChI=1S/C21H22ClN5O4S2/c1-14-13-25(21-23-20(24-32-21)15(2)16-6-4-3-5-7-16)10-11-26(14)33(30,31)17-8-9-18(22)19(12-17)27(28)29/h3-9,12,14-15H,10-11,13H2,1-2H3. The van der Waals surface area contributed by atoms with Crippen LogP contribution in [0.5, 0.6) is 0 Å². The molecule has 1 aliphatic heterocycles. The third-order valence-electron chi connectivity index (χ3n) is 5.68. The smallest absolute Gasteiger partial charge is 0.289 e. The van der Waals surface area contributed by atoms with Crippen LogP contribution in [-0.4, -0.2) is 52.7 Å². The van der Waals surface area contributed by atoms with Crippen molar-refractivity contribution in [3.63, 3.8) is 0 Å². The van der Waals surface area contributed by atoms with Gasteiger partial charge >= 0.3 is 0 Å². The van der Waals surface area contributed by atoms with Gasteiger partial charge in [-0.05, 0) is 24.6 Å². The molecule has 0 radical (unpaired) electrons. The molecule has 2 atom stereocenters. The second-order valence-electron chi connectivity index (χ2n) is 7.85. The van der Waals surface area contributed by atoms with E-state index < -0.39 is 20.6 Å². The van der Waals surface area contributed by atoms with E-state index in [9.17, 15) is 18.5 Å². The summed E-state index contributed by atoms with van der Waals surface area (Å²) in [5.41, 5.74) is 0.696. The molecule has 0 N–H and O–H groups in total. The van der Waals surface area contributed by atoms with Gasteiger partial charge in [-0.3, -0.25) is 10.1 Å². The summed E-state index contributed by atoms with van der Waals surface area (Å²) in [7, 11) is -3.92. The van der Waals surface area contributed by atoms with Gasteiger partial charge < -0.3 is 4.90 Å². The van der Waals surface area contributed by atoms with Crippen LogP contribution in [0.1, 0.15) is 31.2 Å². The molecule has 0 bridgehead atoms. The van der Waals surface area contributed by atoms with Gasteiger partial charge in [0.05, 0.1) is 9.82 Å². The molecule has 1 fully saturated rings. The highest BCUT2D eigenvalue weighted by atomic mass is 35.5. The highest BCUT2D eigenvalue weighted by molar-refractivity contribution is 7.89. The van der Waals surface area contributed by atoms with Gasteiger partial charge in [0.2, 0.25) is 15.2 Å². The van der Waals surface area contributed by atoms with Gasteiger partial charge in [-0.2, -0.15) is 8.68 Å². The summed E-state index contributed by atoms with van der Waals surface area (Å²) in [5.74, 6) is 0.786.